The normalized spacial score (nSPS) is 22.1. The molecule has 3 aromatic rings. The third kappa shape index (κ3) is 6.25. The quantitative estimate of drug-likeness (QED) is 0.417. The third-order valence-corrected chi connectivity index (χ3v) is 9.07. The minimum absolute atomic E-state index is 0.308. The van der Waals surface area contributed by atoms with Crippen molar-refractivity contribution < 1.29 is 24.1 Å². The van der Waals surface area contributed by atoms with Gasteiger partial charge in [0.15, 0.2) is 11.8 Å². The number of piperidine rings is 1. The molecule has 6 heterocycles. The molecule has 12 heteroatoms. The van der Waals surface area contributed by atoms with Crippen molar-refractivity contribution in [1.29, 1.82) is 0 Å². The molecule has 2 fully saturated rings. The Bertz CT molecular complexity index is 1520. The molecule has 1 saturated carbocycles. The molecule has 1 spiro atoms. The smallest absolute Gasteiger partial charge is 0.337 e. The number of aromatic nitrogens is 6. The Hall–Kier alpha value is -3.35. The van der Waals surface area contributed by atoms with Gasteiger partial charge in [-0.05, 0) is 60.3 Å². The van der Waals surface area contributed by atoms with E-state index in [0.29, 0.717) is 55.6 Å². The van der Waals surface area contributed by atoms with Crippen LogP contribution in [0.1, 0.15) is 101 Å². The molecule has 1 N–H and O–H groups in total. The van der Waals surface area contributed by atoms with Gasteiger partial charge < -0.3 is 24.2 Å². The highest BCUT2D eigenvalue weighted by Gasteiger charge is 2.39. The number of ether oxygens (including phenoxy) is 3. The van der Waals surface area contributed by atoms with Gasteiger partial charge in [0, 0.05) is 24.8 Å². The fraction of sp³-hybridized carbons (Fsp3) is 0.656. The summed E-state index contributed by atoms with van der Waals surface area (Å²) in [4.78, 5) is 19.8. The summed E-state index contributed by atoms with van der Waals surface area (Å²) in [5.74, 6) is -0.363. The summed E-state index contributed by atoms with van der Waals surface area (Å²) in [7, 11) is 0. The van der Waals surface area contributed by atoms with E-state index in [9.17, 15) is 9.90 Å². The van der Waals surface area contributed by atoms with Crippen LogP contribution < -0.4 is 4.90 Å². The molecule has 12 nitrogen and oxygen atoms in total. The zero-order chi connectivity index (χ0) is 31.1. The number of nitrogens with zero attached hydrogens (tertiary/aromatic N) is 7. The largest absolute Gasteiger partial charge is 0.479 e. The second-order valence-electron chi connectivity index (χ2n) is 13.7. The van der Waals surface area contributed by atoms with Crippen molar-refractivity contribution in [3.63, 3.8) is 0 Å². The van der Waals surface area contributed by atoms with Crippen molar-refractivity contribution >= 4 is 17.4 Å². The van der Waals surface area contributed by atoms with Crippen molar-refractivity contribution in [3.8, 4) is 0 Å². The van der Waals surface area contributed by atoms with E-state index in [2.05, 4.69) is 22.1 Å². The van der Waals surface area contributed by atoms with Crippen molar-refractivity contribution in [2.45, 2.75) is 109 Å². The van der Waals surface area contributed by atoms with Gasteiger partial charge in [0.2, 0.25) is 0 Å². The number of carboxylic acids is 1. The monoisotopic (exact) mass is 607 g/mol. The molecule has 0 radical (unpaired) electrons. The van der Waals surface area contributed by atoms with Crippen LogP contribution in [-0.4, -0.2) is 78.2 Å². The number of carboxylic acid groups (broad SMARTS) is 1. The van der Waals surface area contributed by atoms with Gasteiger partial charge in [0.25, 0.3) is 0 Å². The molecule has 0 aromatic carbocycles. The van der Waals surface area contributed by atoms with Gasteiger partial charge in [-0.1, -0.05) is 36.6 Å². The first kappa shape index (κ1) is 30.7. The lowest BCUT2D eigenvalue weighted by molar-refractivity contribution is -0.160. The van der Waals surface area contributed by atoms with Gasteiger partial charge in [0.1, 0.15) is 17.1 Å². The summed E-state index contributed by atoms with van der Waals surface area (Å²) in [5, 5.41) is 24.4. The van der Waals surface area contributed by atoms with Crippen LogP contribution >= 0.6 is 0 Å². The Morgan fingerprint density at radius 1 is 1.07 bits per heavy atom. The van der Waals surface area contributed by atoms with Gasteiger partial charge in [-0.25, -0.2) is 14.5 Å². The van der Waals surface area contributed by atoms with Gasteiger partial charge in [0.05, 0.1) is 48.4 Å². The van der Waals surface area contributed by atoms with Crippen LogP contribution in [-0.2, 0) is 31.2 Å². The van der Waals surface area contributed by atoms with Crippen LogP contribution in [0.15, 0.2) is 24.4 Å². The fourth-order valence-corrected chi connectivity index (χ4v) is 6.71. The van der Waals surface area contributed by atoms with Crippen molar-refractivity contribution in [2.24, 2.45) is 0 Å². The molecule has 1 atom stereocenters. The van der Waals surface area contributed by atoms with E-state index in [1.54, 1.807) is 9.20 Å². The summed E-state index contributed by atoms with van der Waals surface area (Å²) in [5.41, 5.74) is 1.92. The predicted octanol–water partition coefficient (Wildman–Crippen LogP) is 4.74. The number of aryl methyl sites for hydroxylation is 1. The second kappa shape index (κ2) is 11.9. The van der Waals surface area contributed by atoms with E-state index in [-0.39, 0.29) is 5.60 Å². The van der Waals surface area contributed by atoms with Crippen molar-refractivity contribution in [2.75, 3.05) is 31.2 Å². The number of anilines is 1. The minimum atomic E-state index is -1.21. The van der Waals surface area contributed by atoms with E-state index in [4.69, 9.17) is 24.3 Å². The minimum Gasteiger partial charge on any atom is -0.479 e. The molecular formula is C32H45N7O5. The second-order valence-corrected chi connectivity index (χ2v) is 13.7. The maximum atomic E-state index is 12.7. The van der Waals surface area contributed by atoms with Gasteiger partial charge >= 0.3 is 5.97 Å². The van der Waals surface area contributed by atoms with Crippen LogP contribution in [0.25, 0.3) is 5.65 Å². The first-order valence-electron chi connectivity index (χ1n) is 15.8. The zero-order valence-electron chi connectivity index (χ0n) is 26.6. The molecular weight excluding hydrogens is 562 g/mol. The molecule has 238 valence electrons. The van der Waals surface area contributed by atoms with E-state index in [0.717, 1.165) is 49.9 Å². The topological polar surface area (TPSA) is 129 Å². The standard InChI is InChI=1S/C32H45N7O5/c1-22-26(27(29(40)41)44-30(2,3)4)28-37-15-13-31(5,14-16-37)42-17-9-10-18-43-32(11-7-6-8-12-32)24-21-38(36-34-24)20-23-19-25(33-22)39(28)35-23/h9-10,19,21,27H,6-8,11-18,20H2,1-5H3,(H,40,41)/b10-9+/t27-/m0/s1. The molecule has 3 aliphatic heterocycles. The van der Waals surface area contributed by atoms with Crippen LogP contribution in [0.5, 0.6) is 0 Å². The van der Waals surface area contributed by atoms with Gasteiger partial charge in [-0.3, -0.25) is 0 Å². The molecule has 1 aliphatic carbocycles. The average molecular weight is 608 g/mol. The molecule has 0 unspecified atom stereocenters. The van der Waals surface area contributed by atoms with Crippen LogP contribution in [0, 0.1) is 6.92 Å². The highest BCUT2D eigenvalue weighted by atomic mass is 16.5. The Balaban J connectivity index is 1.46. The van der Waals surface area contributed by atoms with Crippen LogP contribution in [0.4, 0.5) is 5.82 Å². The average Bonchev–Trinajstić information content (AvgIpc) is 3.60. The molecule has 44 heavy (non-hydrogen) atoms. The third-order valence-electron chi connectivity index (χ3n) is 9.07. The van der Waals surface area contributed by atoms with Crippen molar-refractivity contribution in [3.05, 3.63) is 47.1 Å². The number of aliphatic carboxylic acids is 1. The molecule has 6 bridgehead atoms. The van der Waals surface area contributed by atoms with Gasteiger partial charge in [-0.2, -0.15) is 9.61 Å². The Morgan fingerprint density at radius 3 is 2.45 bits per heavy atom. The lowest BCUT2D eigenvalue weighted by Gasteiger charge is -2.41. The lowest BCUT2D eigenvalue weighted by atomic mass is 9.82. The highest BCUT2D eigenvalue weighted by Crippen LogP contribution is 2.40. The van der Waals surface area contributed by atoms with E-state index in [1.807, 2.05) is 52.1 Å². The molecule has 1 saturated heterocycles. The maximum absolute atomic E-state index is 12.7. The number of fused-ring (bicyclic) bond motifs is 6. The molecule has 7 rings (SSSR count). The van der Waals surface area contributed by atoms with Crippen molar-refractivity contribution in [1.82, 2.24) is 29.6 Å². The Labute approximate surface area is 258 Å². The van der Waals surface area contributed by atoms with E-state index in [1.165, 1.54) is 6.42 Å². The summed E-state index contributed by atoms with van der Waals surface area (Å²) in [6.07, 6.45) is 11.6. The summed E-state index contributed by atoms with van der Waals surface area (Å²) >= 11 is 0. The summed E-state index contributed by atoms with van der Waals surface area (Å²) in [6, 6.07) is 1.94. The number of hydrogen-bond acceptors (Lipinski definition) is 9. The Morgan fingerprint density at radius 2 is 1.77 bits per heavy atom. The first-order valence-corrected chi connectivity index (χ1v) is 15.8. The predicted molar refractivity (Wildman–Crippen MR) is 164 cm³/mol. The zero-order valence-corrected chi connectivity index (χ0v) is 26.6. The SMILES string of the molecule is Cc1nc2cc3nn2c(c1[C@H](OC(C)(C)C)C(=O)O)N1CCC(C)(CC1)OC/C=C/COC1(CCCCC1)c1cn(nn1)C3. The van der Waals surface area contributed by atoms with Crippen LogP contribution in [0.2, 0.25) is 0 Å². The maximum Gasteiger partial charge on any atom is 0.337 e. The molecule has 3 aromatic heterocycles. The van der Waals surface area contributed by atoms with Crippen LogP contribution in [0.3, 0.4) is 0 Å². The number of carbonyl (C=O) groups is 1. The highest BCUT2D eigenvalue weighted by molar-refractivity contribution is 5.78. The van der Waals surface area contributed by atoms with Gasteiger partial charge in [-0.15, -0.1) is 5.10 Å². The fourth-order valence-electron chi connectivity index (χ4n) is 6.71. The molecule has 4 aliphatic rings. The summed E-state index contributed by atoms with van der Waals surface area (Å²) < 4.78 is 22.7. The Kier molecular flexibility index (Phi) is 8.27. The van der Waals surface area contributed by atoms with E-state index < -0.39 is 23.3 Å². The lowest BCUT2D eigenvalue weighted by Crippen LogP contribution is -2.45. The van der Waals surface area contributed by atoms with E-state index >= 15 is 0 Å². The summed E-state index contributed by atoms with van der Waals surface area (Å²) in [6.45, 7) is 12.3. The molecule has 0 amide bonds. The number of hydrogen-bond donors (Lipinski definition) is 1. The number of rotatable bonds is 3. The first-order chi connectivity index (χ1) is 21.0.